The van der Waals surface area contributed by atoms with Gasteiger partial charge in [0.15, 0.2) is 0 Å². The molecule has 1 N–H and O–H groups in total. The maximum atomic E-state index is 4.47. The predicted molar refractivity (Wildman–Crippen MR) is 78.3 cm³/mol. The zero-order valence-electron chi connectivity index (χ0n) is 11.1. The monoisotopic (exact) mass is 281 g/mol. The lowest BCUT2D eigenvalue weighted by atomic mass is 10.2. The Morgan fingerprint density at radius 1 is 1.39 bits per heavy atom. The molecule has 18 heavy (non-hydrogen) atoms. The quantitative estimate of drug-likeness (QED) is 0.883. The Labute approximate surface area is 116 Å². The van der Waals surface area contributed by atoms with Gasteiger partial charge in [0.25, 0.3) is 0 Å². The summed E-state index contributed by atoms with van der Waals surface area (Å²) in [6.45, 7) is 8.45. The fourth-order valence-electron chi connectivity index (χ4n) is 1.64. The molecular weight excluding hydrogens is 262 g/mol. The van der Waals surface area contributed by atoms with Gasteiger partial charge < -0.3 is 5.32 Å². The molecule has 0 bridgehead atoms. The average Bonchev–Trinajstić information content (AvgIpc) is 2.89. The van der Waals surface area contributed by atoms with E-state index in [1.54, 1.807) is 22.7 Å². The molecule has 3 nitrogen and oxygen atoms in total. The molecule has 2 heterocycles. The molecule has 0 atom stereocenters. The number of nitrogens with zero attached hydrogens (tertiary/aromatic N) is 2. The van der Waals surface area contributed by atoms with Crippen molar-refractivity contribution in [2.24, 2.45) is 5.92 Å². The van der Waals surface area contributed by atoms with Crippen LogP contribution in [0.3, 0.4) is 0 Å². The van der Waals surface area contributed by atoms with E-state index >= 15 is 0 Å². The SMILES string of the molecule is Cc1nc(Cc2ncc(CNCC(C)C)s2)cs1. The van der Waals surface area contributed by atoms with Gasteiger partial charge in [0.1, 0.15) is 0 Å². The van der Waals surface area contributed by atoms with Crippen molar-refractivity contribution >= 4 is 22.7 Å². The van der Waals surface area contributed by atoms with Gasteiger partial charge in [-0.1, -0.05) is 13.8 Å². The molecule has 0 fully saturated rings. The Morgan fingerprint density at radius 3 is 2.89 bits per heavy atom. The van der Waals surface area contributed by atoms with Crippen molar-refractivity contribution in [2.75, 3.05) is 6.54 Å². The third-order valence-electron chi connectivity index (χ3n) is 2.45. The van der Waals surface area contributed by atoms with Gasteiger partial charge >= 0.3 is 0 Å². The van der Waals surface area contributed by atoms with Gasteiger partial charge in [-0.15, -0.1) is 22.7 Å². The third kappa shape index (κ3) is 4.15. The van der Waals surface area contributed by atoms with E-state index in [-0.39, 0.29) is 0 Å². The molecule has 0 saturated heterocycles. The Bertz CT molecular complexity index is 488. The van der Waals surface area contributed by atoms with Crippen molar-refractivity contribution in [3.63, 3.8) is 0 Å². The summed E-state index contributed by atoms with van der Waals surface area (Å²) in [7, 11) is 0. The first-order valence-electron chi connectivity index (χ1n) is 6.19. The van der Waals surface area contributed by atoms with Crippen LogP contribution < -0.4 is 5.32 Å². The van der Waals surface area contributed by atoms with E-state index in [4.69, 9.17) is 0 Å². The van der Waals surface area contributed by atoms with Gasteiger partial charge in [0, 0.05) is 29.4 Å². The van der Waals surface area contributed by atoms with E-state index in [0.29, 0.717) is 5.92 Å². The molecular formula is C13H19N3S2. The first kappa shape index (κ1) is 13.6. The Balaban J connectivity index is 1.86. The fraction of sp³-hybridized carbons (Fsp3) is 0.538. The second kappa shape index (κ2) is 6.41. The van der Waals surface area contributed by atoms with Crippen LogP contribution >= 0.6 is 22.7 Å². The summed E-state index contributed by atoms with van der Waals surface area (Å²) in [5.74, 6) is 0.690. The molecule has 98 valence electrons. The summed E-state index contributed by atoms with van der Waals surface area (Å²) in [4.78, 5) is 10.2. The van der Waals surface area contributed by atoms with Crippen LogP contribution in [-0.2, 0) is 13.0 Å². The van der Waals surface area contributed by atoms with Gasteiger partial charge in [-0.25, -0.2) is 9.97 Å². The second-order valence-electron chi connectivity index (χ2n) is 4.78. The maximum absolute atomic E-state index is 4.47. The minimum Gasteiger partial charge on any atom is -0.312 e. The predicted octanol–water partition coefficient (Wildman–Crippen LogP) is 3.24. The lowest BCUT2D eigenvalue weighted by Gasteiger charge is -2.04. The maximum Gasteiger partial charge on any atom is 0.0988 e. The molecule has 2 aromatic heterocycles. The highest BCUT2D eigenvalue weighted by molar-refractivity contribution is 7.11. The molecule has 2 aromatic rings. The van der Waals surface area contributed by atoms with Crippen LogP contribution in [-0.4, -0.2) is 16.5 Å². The topological polar surface area (TPSA) is 37.8 Å². The molecule has 0 aromatic carbocycles. The van der Waals surface area contributed by atoms with Gasteiger partial charge in [-0.3, -0.25) is 0 Å². The largest absolute Gasteiger partial charge is 0.312 e. The van der Waals surface area contributed by atoms with Crippen molar-refractivity contribution in [3.05, 3.63) is 32.2 Å². The van der Waals surface area contributed by atoms with Crippen LogP contribution in [0, 0.1) is 12.8 Å². The van der Waals surface area contributed by atoms with Crippen molar-refractivity contribution in [1.29, 1.82) is 0 Å². The van der Waals surface area contributed by atoms with Gasteiger partial charge in [-0.05, 0) is 19.4 Å². The first-order chi connectivity index (χ1) is 8.63. The highest BCUT2D eigenvalue weighted by Gasteiger charge is 2.05. The van der Waals surface area contributed by atoms with Crippen LogP contribution in [0.1, 0.15) is 34.4 Å². The van der Waals surface area contributed by atoms with E-state index in [2.05, 4.69) is 34.5 Å². The van der Waals surface area contributed by atoms with Crippen molar-refractivity contribution in [3.8, 4) is 0 Å². The van der Waals surface area contributed by atoms with Crippen LogP contribution in [0.15, 0.2) is 11.6 Å². The van der Waals surface area contributed by atoms with Gasteiger partial charge in [-0.2, -0.15) is 0 Å². The molecule has 0 saturated carbocycles. The summed E-state index contributed by atoms with van der Waals surface area (Å²) in [6.07, 6.45) is 2.84. The molecule has 0 aliphatic heterocycles. The lowest BCUT2D eigenvalue weighted by molar-refractivity contribution is 0.554. The molecule has 5 heteroatoms. The number of hydrogen-bond acceptors (Lipinski definition) is 5. The van der Waals surface area contributed by atoms with E-state index in [9.17, 15) is 0 Å². The molecule has 0 aliphatic carbocycles. The minimum atomic E-state index is 0.690. The highest BCUT2D eigenvalue weighted by atomic mass is 32.1. The molecule has 2 rings (SSSR count). The number of aromatic nitrogens is 2. The van der Waals surface area contributed by atoms with Crippen LogP contribution in [0.2, 0.25) is 0 Å². The zero-order chi connectivity index (χ0) is 13.0. The van der Waals surface area contributed by atoms with Crippen molar-refractivity contribution < 1.29 is 0 Å². The van der Waals surface area contributed by atoms with Crippen molar-refractivity contribution in [1.82, 2.24) is 15.3 Å². The van der Waals surface area contributed by atoms with Gasteiger partial charge in [0.05, 0.1) is 15.7 Å². The van der Waals surface area contributed by atoms with Gasteiger partial charge in [0.2, 0.25) is 0 Å². The van der Waals surface area contributed by atoms with Crippen LogP contribution in [0.4, 0.5) is 0 Å². The van der Waals surface area contributed by atoms with E-state index in [0.717, 1.165) is 35.2 Å². The molecule has 0 aliphatic rings. The third-order valence-corrected chi connectivity index (χ3v) is 4.27. The van der Waals surface area contributed by atoms with E-state index in [1.807, 2.05) is 13.1 Å². The number of thiazole rings is 2. The van der Waals surface area contributed by atoms with Crippen LogP contribution in [0.25, 0.3) is 0 Å². The Morgan fingerprint density at radius 2 is 2.22 bits per heavy atom. The Hall–Kier alpha value is -0.780. The second-order valence-corrected chi connectivity index (χ2v) is 7.04. The number of hydrogen-bond donors (Lipinski definition) is 1. The van der Waals surface area contributed by atoms with Crippen LogP contribution in [0.5, 0.6) is 0 Å². The molecule has 0 radical (unpaired) electrons. The average molecular weight is 281 g/mol. The molecule has 0 unspecified atom stereocenters. The number of nitrogens with one attached hydrogen (secondary N) is 1. The Kier molecular flexibility index (Phi) is 4.86. The molecule has 0 amide bonds. The summed E-state index contributed by atoms with van der Waals surface area (Å²) < 4.78 is 0. The minimum absolute atomic E-state index is 0.690. The summed E-state index contributed by atoms with van der Waals surface area (Å²) >= 11 is 3.48. The highest BCUT2D eigenvalue weighted by Crippen LogP contribution is 2.18. The van der Waals surface area contributed by atoms with Crippen molar-refractivity contribution in [2.45, 2.75) is 33.7 Å². The normalized spacial score (nSPS) is 11.3. The fourth-order valence-corrected chi connectivity index (χ4v) is 3.16. The number of aryl methyl sites for hydroxylation is 1. The lowest BCUT2D eigenvalue weighted by Crippen LogP contribution is -2.18. The summed E-state index contributed by atoms with van der Waals surface area (Å²) in [5.41, 5.74) is 1.13. The zero-order valence-corrected chi connectivity index (χ0v) is 12.7. The van der Waals surface area contributed by atoms with E-state index < -0.39 is 0 Å². The first-order valence-corrected chi connectivity index (χ1v) is 7.88. The number of rotatable bonds is 6. The van der Waals surface area contributed by atoms with E-state index in [1.165, 1.54) is 4.88 Å². The summed E-state index contributed by atoms with van der Waals surface area (Å²) in [6, 6.07) is 0. The smallest absolute Gasteiger partial charge is 0.0988 e. The standard InChI is InChI=1S/C13H19N3S2/c1-9(2)5-14-6-12-7-15-13(18-12)4-11-8-17-10(3)16-11/h7-9,14H,4-6H2,1-3H3. The molecule has 0 spiro atoms. The summed E-state index contributed by atoms with van der Waals surface area (Å²) in [5, 5.41) is 7.84.